The minimum atomic E-state index is 0.218. The van der Waals surface area contributed by atoms with Gasteiger partial charge in [-0.2, -0.15) is 0 Å². The number of thioether (sulfide) groups is 1. The Balaban J connectivity index is 1.50. The fraction of sp³-hybridized carbons (Fsp3) is 0.609. The molecular weight excluding hydrogens is 380 g/mol. The van der Waals surface area contributed by atoms with E-state index in [0.29, 0.717) is 17.8 Å². The summed E-state index contributed by atoms with van der Waals surface area (Å²) in [5.74, 6) is 1.56. The summed E-state index contributed by atoms with van der Waals surface area (Å²) < 4.78 is 2.14. The number of rotatable bonds is 5. The molecule has 0 N–H and O–H groups in total. The molecule has 5 nitrogen and oxygen atoms in total. The van der Waals surface area contributed by atoms with Gasteiger partial charge in [0.1, 0.15) is 0 Å². The van der Waals surface area contributed by atoms with Crippen molar-refractivity contribution in [3.8, 4) is 11.4 Å². The highest BCUT2D eigenvalue weighted by Gasteiger charge is 2.29. The fourth-order valence-electron chi connectivity index (χ4n) is 4.88. The lowest BCUT2D eigenvalue weighted by Gasteiger charge is -2.39. The SMILES string of the molecule is CCn1c(SCC(=O)N2C(C)CCCC2C)nnc1-c1ccc2c(c1)CCCC2. The largest absolute Gasteiger partial charge is 0.337 e. The van der Waals surface area contributed by atoms with Gasteiger partial charge in [0.05, 0.1) is 5.75 Å². The Morgan fingerprint density at radius 1 is 1.07 bits per heavy atom. The number of piperidine rings is 1. The van der Waals surface area contributed by atoms with E-state index in [1.807, 2.05) is 0 Å². The Labute approximate surface area is 178 Å². The molecule has 2 aliphatic rings. The predicted octanol–water partition coefficient (Wildman–Crippen LogP) is 4.73. The van der Waals surface area contributed by atoms with Crippen LogP contribution in [0.25, 0.3) is 11.4 Å². The van der Waals surface area contributed by atoms with E-state index >= 15 is 0 Å². The molecule has 2 unspecified atom stereocenters. The maximum absolute atomic E-state index is 12.9. The van der Waals surface area contributed by atoms with Crippen LogP contribution in [0, 0.1) is 0 Å². The van der Waals surface area contributed by atoms with Crippen LogP contribution in [0.5, 0.6) is 0 Å². The third-order valence-corrected chi connectivity index (χ3v) is 7.40. The molecule has 156 valence electrons. The third kappa shape index (κ3) is 4.23. The minimum absolute atomic E-state index is 0.218. The van der Waals surface area contributed by atoms with E-state index in [2.05, 4.69) is 58.6 Å². The molecule has 29 heavy (non-hydrogen) atoms. The number of amides is 1. The quantitative estimate of drug-likeness (QED) is 0.667. The van der Waals surface area contributed by atoms with Crippen LogP contribution in [0.2, 0.25) is 0 Å². The summed E-state index contributed by atoms with van der Waals surface area (Å²) in [6, 6.07) is 7.40. The molecular formula is C23H32N4OS. The van der Waals surface area contributed by atoms with Crippen molar-refractivity contribution in [3.63, 3.8) is 0 Å². The molecule has 0 spiro atoms. The van der Waals surface area contributed by atoms with Crippen LogP contribution in [-0.2, 0) is 24.2 Å². The van der Waals surface area contributed by atoms with E-state index in [4.69, 9.17) is 0 Å². The molecule has 1 aliphatic carbocycles. The average molecular weight is 413 g/mol. The molecule has 2 atom stereocenters. The second kappa shape index (κ2) is 8.90. The molecule has 1 aliphatic heterocycles. The number of aryl methyl sites for hydroxylation is 2. The monoisotopic (exact) mass is 412 g/mol. The summed E-state index contributed by atoms with van der Waals surface area (Å²) in [4.78, 5) is 15.0. The first-order valence-electron chi connectivity index (χ1n) is 11.1. The molecule has 0 bridgehead atoms. The lowest BCUT2D eigenvalue weighted by molar-refractivity contribution is -0.134. The van der Waals surface area contributed by atoms with Crippen molar-refractivity contribution < 1.29 is 4.79 Å². The lowest BCUT2D eigenvalue weighted by Crippen LogP contribution is -2.48. The molecule has 4 rings (SSSR count). The van der Waals surface area contributed by atoms with Crippen LogP contribution in [0.15, 0.2) is 23.4 Å². The first-order valence-corrected chi connectivity index (χ1v) is 12.1. The number of hydrogen-bond acceptors (Lipinski definition) is 4. The number of hydrogen-bond donors (Lipinski definition) is 0. The van der Waals surface area contributed by atoms with Crippen molar-refractivity contribution in [1.82, 2.24) is 19.7 Å². The van der Waals surface area contributed by atoms with Crippen molar-refractivity contribution >= 4 is 17.7 Å². The molecule has 0 saturated carbocycles. The van der Waals surface area contributed by atoms with Crippen LogP contribution in [-0.4, -0.2) is 43.4 Å². The summed E-state index contributed by atoms with van der Waals surface area (Å²) in [5.41, 5.74) is 4.07. The predicted molar refractivity (Wildman–Crippen MR) is 118 cm³/mol. The standard InChI is InChI=1S/C23H32N4OS/c1-4-26-22(20-13-12-18-10-5-6-11-19(18)14-20)24-25-23(26)29-15-21(28)27-16(2)8-7-9-17(27)3/h12-14,16-17H,4-11,15H2,1-3H3. The van der Waals surface area contributed by atoms with Crippen LogP contribution in [0.3, 0.4) is 0 Å². The van der Waals surface area contributed by atoms with Gasteiger partial charge in [-0.05, 0) is 82.9 Å². The average Bonchev–Trinajstić information content (AvgIpc) is 3.14. The van der Waals surface area contributed by atoms with E-state index in [9.17, 15) is 4.79 Å². The van der Waals surface area contributed by atoms with Gasteiger partial charge in [-0.25, -0.2) is 0 Å². The lowest BCUT2D eigenvalue weighted by atomic mass is 9.90. The van der Waals surface area contributed by atoms with E-state index in [-0.39, 0.29) is 5.91 Å². The first-order chi connectivity index (χ1) is 14.1. The molecule has 2 heterocycles. The maximum atomic E-state index is 12.9. The van der Waals surface area contributed by atoms with Crippen LogP contribution >= 0.6 is 11.8 Å². The Bertz CT molecular complexity index is 868. The van der Waals surface area contributed by atoms with E-state index in [0.717, 1.165) is 42.4 Å². The topological polar surface area (TPSA) is 51.0 Å². The molecule has 1 aromatic carbocycles. The molecule has 0 radical (unpaired) electrons. The van der Waals surface area contributed by atoms with Crippen LogP contribution < -0.4 is 0 Å². The first kappa shape index (κ1) is 20.5. The highest BCUT2D eigenvalue weighted by Crippen LogP contribution is 2.30. The summed E-state index contributed by atoms with van der Waals surface area (Å²) in [7, 11) is 0. The Kier molecular flexibility index (Phi) is 6.28. The molecule has 6 heteroatoms. The molecule has 1 amide bonds. The highest BCUT2D eigenvalue weighted by atomic mass is 32.2. The summed E-state index contributed by atoms with van der Waals surface area (Å²) in [5, 5.41) is 9.77. The van der Waals surface area contributed by atoms with E-state index in [1.165, 1.54) is 48.6 Å². The summed E-state index contributed by atoms with van der Waals surface area (Å²) in [6.45, 7) is 7.25. The smallest absolute Gasteiger partial charge is 0.233 e. The number of aromatic nitrogens is 3. The molecule has 1 fully saturated rings. The zero-order valence-corrected chi connectivity index (χ0v) is 18.7. The van der Waals surface area contributed by atoms with Gasteiger partial charge in [0.2, 0.25) is 5.91 Å². The van der Waals surface area contributed by atoms with Gasteiger partial charge >= 0.3 is 0 Å². The number of benzene rings is 1. The molecule has 2 aromatic rings. The normalized spacial score (nSPS) is 21.8. The van der Waals surface area contributed by atoms with Gasteiger partial charge in [-0.1, -0.05) is 23.9 Å². The van der Waals surface area contributed by atoms with Crippen molar-refractivity contribution in [3.05, 3.63) is 29.3 Å². The zero-order chi connectivity index (χ0) is 20.4. The third-order valence-electron chi connectivity index (χ3n) is 6.45. The second-order valence-electron chi connectivity index (χ2n) is 8.46. The second-order valence-corrected chi connectivity index (χ2v) is 9.40. The van der Waals surface area contributed by atoms with Gasteiger partial charge in [-0.3, -0.25) is 4.79 Å². The number of fused-ring (bicyclic) bond motifs is 1. The van der Waals surface area contributed by atoms with Gasteiger partial charge in [-0.15, -0.1) is 10.2 Å². The number of likely N-dealkylation sites (tertiary alicyclic amines) is 1. The van der Waals surface area contributed by atoms with Crippen molar-refractivity contribution in [2.45, 2.75) is 89.5 Å². The van der Waals surface area contributed by atoms with Gasteiger partial charge in [0, 0.05) is 24.2 Å². The van der Waals surface area contributed by atoms with Gasteiger partial charge < -0.3 is 9.47 Å². The Morgan fingerprint density at radius 3 is 2.52 bits per heavy atom. The zero-order valence-electron chi connectivity index (χ0n) is 17.9. The molecule has 1 saturated heterocycles. The van der Waals surface area contributed by atoms with Crippen LogP contribution in [0.1, 0.15) is 64.0 Å². The van der Waals surface area contributed by atoms with Crippen molar-refractivity contribution in [2.75, 3.05) is 5.75 Å². The summed E-state index contributed by atoms with van der Waals surface area (Å²) >= 11 is 1.52. The number of carbonyl (C=O) groups is 1. The Morgan fingerprint density at radius 2 is 1.79 bits per heavy atom. The fourth-order valence-corrected chi connectivity index (χ4v) is 5.75. The number of carbonyl (C=O) groups excluding carboxylic acids is 1. The Hall–Kier alpha value is -1.82. The van der Waals surface area contributed by atoms with Crippen molar-refractivity contribution in [2.24, 2.45) is 0 Å². The van der Waals surface area contributed by atoms with Gasteiger partial charge in [0.25, 0.3) is 0 Å². The van der Waals surface area contributed by atoms with E-state index in [1.54, 1.807) is 0 Å². The number of nitrogens with zero attached hydrogens (tertiary/aromatic N) is 4. The maximum Gasteiger partial charge on any atom is 0.233 e. The van der Waals surface area contributed by atoms with E-state index < -0.39 is 0 Å². The van der Waals surface area contributed by atoms with Crippen molar-refractivity contribution in [1.29, 1.82) is 0 Å². The van der Waals surface area contributed by atoms with Gasteiger partial charge in [0.15, 0.2) is 11.0 Å². The summed E-state index contributed by atoms with van der Waals surface area (Å²) in [6.07, 6.45) is 8.34. The molecule has 1 aromatic heterocycles. The minimum Gasteiger partial charge on any atom is -0.337 e. The van der Waals surface area contributed by atoms with Crippen LogP contribution in [0.4, 0.5) is 0 Å². The highest BCUT2D eigenvalue weighted by molar-refractivity contribution is 7.99.